The number of aliphatic hydroxyl groups is 1. The first-order chi connectivity index (χ1) is 8.90. The van der Waals surface area contributed by atoms with E-state index in [1.54, 1.807) is 0 Å². The Labute approximate surface area is 109 Å². The molecule has 0 aliphatic heterocycles. The van der Waals surface area contributed by atoms with E-state index in [0.717, 1.165) is 11.1 Å². The lowest BCUT2D eigenvalue weighted by molar-refractivity contribution is 0.0456. The monoisotopic (exact) mass is 244 g/mol. The first-order valence-electron chi connectivity index (χ1n) is 6.69. The predicted octanol–water partition coefficient (Wildman–Crippen LogP) is 2.88. The topological polar surface area (TPSA) is 29.5 Å². The molecule has 0 radical (unpaired) electrons. The minimum atomic E-state index is 0.119. The van der Waals surface area contributed by atoms with Crippen LogP contribution in [0.4, 0.5) is 0 Å². The van der Waals surface area contributed by atoms with Crippen molar-refractivity contribution in [3.63, 3.8) is 0 Å². The van der Waals surface area contributed by atoms with E-state index in [1.807, 2.05) is 18.2 Å². The molecule has 0 spiro atoms. The highest BCUT2D eigenvalue weighted by atomic mass is 16.5. The number of benzene rings is 1. The molecular formula is C16H20O2. The second kappa shape index (κ2) is 7.20. The Morgan fingerprint density at radius 2 is 2.00 bits per heavy atom. The van der Waals surface area contributed by atoms with Crippen molar-refractivity contribution in [1.29, 1.82) is 0 Å². The predicted molar refractivity (Wildman–Crippen MR) is 72.1 cm³/mol. The fraction of sp³-hybridized carbons (Fsp3) is 0.500. The number of ether oxygens (including phenoxy) is 1. The molecule has 1 N–H and O–H groups in total. The van der Waals surface area contributed by atoms with Crippen molar-refractivity contribution in [2.75, 3.05) is 6.61 Å². The van der Waals surface area contributed by atoms with Gasteiger partial charge in [0.2, 0.25) is 0 Å². The van der Waals surface area contributed by atoms with Crippen molar-refractivity contribution < 1.29 is 9.84 Å². The summed E-state index contributed by atoms with van der Waals surface area (Å²) in [6.45, 7) is 0.766. The molecule has 2 rings (SSSR count). The molecule has 1 aromatic carbocycles. The normalized spacial score (nSPS) is 15.4. The second-order valence-electron chi connectivity index (χ2n) is 4.65. The van der Waals surface area contributed by atoms with Crippen LogP contribution in [0.3, 0.4) is 0 Å². The lowest BCUT2D eigenvalue weighted by atomic mass is 10.1. The third-order valence-electron chi connectivity index (χ3n) is 3.25. The zero-order valence-corrected chi connectivity index (χ0v) is 10.7. The molecule has 0 heterocycles. The fourth-order valence-corrected chi connectivity index (χ4v) is 2.24. The zero-order chi connectivity index (χ0) is 12.6. The van der Waals surface area contributed by atoms with Gasteiger partial charge in [0.1, 0.15) is 0 Å². The van der Waals surface area contributed by atoms with Gasteiger partial charge >= 0.3 is 0 Å². The average Bonchev–Trinajstić information content (AvgIpc) is 2.91. The van der Waals surface area contributed by atoms with Crippen LogP contribution < -0.4 is 0 Å². The molecule has 0 amide bonds. The summed E-state index contributed by atoms with van der Waals surface area (Å²) >= 11 is 0. The molecule has 2 nitrogen and oxygen atoms in total. The van der Waals surface area contributed by atoms with Crippen LogP contribution >= 0.6 is 0 Å². The molecule has 18 heavy (non-hydrogen) atoms. The summed E-state index contributed by atoms with van der Waals surface area (Å²) in [6, 6.07) is 8.09. The van der Waals surface area contributed by atoms with Crippen molar-refractivity contribution in [2.24, 2.45) is 0 Å². The van der Waals surface area contributed by atoms with Gasteiger partial charge in [0, 0.05) is 12.0 Å². The van der Waals surface area contributed by atoms with E-state index >= 15 is 0 Å². The molecule has 1 aliphatic carbocycles. The smallest absolute Gasteiger partial charge is 0.0732 e. The Kier molecular flexibility index (Phi) is 5.26. The zero-order valence-electron chi connectivity index (χ0n) is 10.7. The van der Waals surface area contributed by atoms with Gasteiger partial charge in [0.15, 0.2) is 0 Å². The molecule has 0 saturated heterocycles. The number of hydrogen-bond acceptors (Lipinski definition) is 2. The number of hydrogen-bond donors (Lipinski definition) is 1. The highest BCUT2D eigenvalue weighted by molar-refractivity contribution is 5.40. The van der Waals surface area contributed by atoms with E-state index in [1.165, 1.54) is 25.7 Å². The van der Waals surface area contributed by atoms with Crippen molar-refractivity contribution in [3.05, 3.63) is 35.4 Å². The van der Waals surface area contributed by atoms with Crippen LogP contribution in [0.15, 0.2) is 24.3 Å². The minimum absolute atomic E-state index is 0.119. The second-order valence-corrected chi connectivity index (χ2v) is 4.65. The van der Waals surface area contributed by atoms with E-state index in [0.29, 0.717) is 19.1 Å². The molecule has 1 fully saturated rings. The van der Waals surface area contributed by atoms with Gasteiger partial charge in [-0.05, 0) is 24.5 Å². The standard InChI is InChI=1S/C16H20O2/c17-12-6-5-8-14-7-1-2-9-15(14)13-18-16-10-3-4-11-16/h1-2,7,9,16-17H,3-4,6,10-13H2. The molecule has 0 bridgehead atoms. The van der Waals surface area contributed by atoms with Crippen LogP contribution in [0.5, 0.6) is 0 Å². The maximum Gasteiger partial charge on any atom is 0.0732 e. The van der Waals surface area contributed by atoms with Gasteiger partial charge in [-0.15, -0.1) is 0 Å². The van der Waals surface area contributed by atoms with Gasteiger partial charge in [0.25, 0.3) is 0 Å². The Balaban J connectivity index is 1.96. The summed E-state index contributed by atoms with van der Waals surface area (Å²) in [7, 11) is 0. The summed E-state index contributed by atoms with van der Waals surface area (Å²) in [6.07, 6.45) is 5.93. The van der Waals surface area contributed by atoms with Gasteiger partial charge in [-0.1, -0.05) is 42.9 Å². The maximum absolute atomic E-state index is 8.73. The van der Waals surface area contributed by atoms with Crippen molar-refractivity contribution in [3.8, 4) is 11.8 Å². The number of rotatable bonds is 4. The van der Waals surface area contributed by atoms with Gasteiger partial charge in [-0.25, -0.2) is 0 Å². The summed E-state index contributed by atoms with van der Waals surface area (Å²) in [5.41, 5.74) is 2.17. The average molecular weight is 244 g/mol. The first kappa shape index (κ1) is 13.1. The summed E-state index contributed by atoms with van der Waals surface area (Å²) < 4.78 is 5.92. The van der Waals surface area contributed by atoms with E-state index in [-0.39, 0.29) is 6.61 Å². The molecule has 0 atom stereocenters. The summed E-state index contributed by atoms with van der Waals surface area (Å²) in [4.78, 5) is 0. The molecule has 1 aliphatic rings. The molecule has 1 saturated carbocycles. The van der Waals surface area contributed by atoms with Crippen LogP contribution in [0, 0.1) is 11.8 Å². The molecule has 2 heteroatoms. The molecule has 0 aromatic heterocycles. The molecular weight excluding hydrogens is 224 g/mol. The molecule has 0 unspecified atom stereocenters. The fourth-order valence-electron chi connectivity index (χ4n) is 2.24. The SMILES string of the molecule is OCCC#Cc1ccccc1COC1CCCC1. The molecule has 96 valence electrons. The first-order valence-corrected chi connectivity index (χ1v) is 6.69. The van der Waals surface area contributed by atoms with Crippen molar-refractivity contribution in [1.82, 2.24) is 0 Å². The van der Waals surface area contributed by atoms with E-state index in [2.05, 4.69) is 17.9 Å². The lowest BCUT2D eigenvalue weighted by Crippen LogP contribution is -2.07. The minimum Gasteiger partial charge on any atom is -0.395 e. The molecule has 1 aromatic rings. The Hall–Kier alpha value is -1.30. The van der Waals surface area contributed by atoms with Gasteiger partial charge in [0.05, 0.1) is 19.3 Å². The Bertz CT molecular complexity index is 422. The third kappa shape index (κ3) is 3.87. The Morgan fingerprint density at radius 1 is 1.22 bits per heavy atom. The Morgan fingerprint density at radius 3 is 2.78 bits per heavy atom. The van der Waals surface area contributed by atoms with Crippen LogP contribution in [0.25, 0.3) is 0 Å². The quantitative estimate of drug-likeness (QED) is 0.825. The van der Waals surface area contributed by atoms with Gasteiger partial charge in [-0.3, -0.25) is 0 Å². The van der Waals surface area contributed by atoms with E-state index < -0.39 is 0 Å². The van der Waals surface area contributed by atoms with Crippen LogP contribution in [0.1, 0.15) is 43.2 Å². The van der Waals surface area contributed by atoms with E-state index in [4.69, 9.17) is 9.84 Å². The highest BCUT2D eigenvalue weighted by Gasteiger charge is 2.15. The van der Waals surface area contributed by atoms with Gasteiger partial charge < -0.3 is 9.84 Å². The van der Waals surface area contributed by atoms with Crippen LogP contribution in [-0.2, 0) is 11.3 Å². The largest absolute Gasteiger partial charge is 0.395 e. The van der Waals surface area contributed by atoms with Crippen molar-refractivity contribution in [2.45, 2.75) is 44.8 Å². The third-order valence-corrected chi connectivity index (χ3v) is 3.25. The lowest BCUT2D eigenvalue weighted by Gasteiger charge is -2.12. The highest BCUT2D eigenvalue weighted by Crippen LogP contribution is 2.22. The number of aliphatic hydroxyl groups excluding tert-OH is 1. The summed E-state index contributed by atoms with van der Waals surface area (Å²) in [5, 5.41) is 8.73. The van der Waals surface area contributed by atoms with Crippen LogP contribution in [-0.4, -0.2) is 17.8 Å². The maximum atomic E-state index is 8.73. The van der Waals surface area contributed by atoms with Gasteiger partial charge in [-0.2, -0.15) is 0 Å². The van der Waals surface area contributed by atoms with Crippen molar-refractivity contribution >= 4 is 0 Å². The summed E-state index contributed by atoms with van der Waals surface area (Å²) in [5.74, 6) is 6.06. The van der Waals surface area contributed by atoms with Crippen LogP contribution in [0.2, 0.25) is 0 Å². The van der Waals surface area contributed by atoms with E-state index in [9.17, 15) is 0 Å².